The summed E-state index contributed by atoms with van der Waals surface area (Å²) in [5.74, 6) is 1.48. The number of unbranched alkanes of at least 4 members (excludes halogenated alkanes) is 2. The molecule has 0 saturated carbocycles. The Morgan fingerprint density at radius 3 is 2.26 bits per heavy atom. The summed E-state index contributed by atoms with van der Waals surface area (Å²) in [5.41, 5.74) is 0. The van der Waals surface area contributed by atoms with Crippen molar-refractivity contribution in [2.45, 2.75) is 26.2 Å². The number of para-hydroxylation sites is 2. The molecule has 6 heteroatoms. The van der Waals surface area contributed by atoms with E-state index in [9.17, 15) is 8.42 Å². The number of sulfonamides is 1. The molecule has 0 fully saturated rings. The molecule has 0 radical (unpaired) electrons. The first kappa shape index (κ1) is 15.8. The van der Waals surface area contributed by atoms with Crippen molar-refractivity contribution in [3.05, 3.63) is 24.3 Å². The molecule has 0 bridgehead atoms. The predicted octanol–water partition coefficient (Wildman–Crippen LogP) is 1.92. The second-order valence-electron chi connectivity index (χ2n) is 4.16. The van der Waals surface area contributed by atoms with E-state index in [-0.39, 0.29) is 5.75 Å². The van der Waals surface area contributed by atoms with Gasteiger partial charge in [-0.2, -0.15) is 0 Å². The number of nitrogens with two attached hydrogens (primary N) is 1. The first-order chi connectivity index (χ1) is 9.03. The van der Waals surface area contributed by atoms with Gasteiger partial charge in [0.1, 0.15) is 0 Å². The molecule has 5 nitrogen and oxygen atoms in total. The first-order valence-corrected chi connectivity index (χ1v) is 8.09. The third-order valence-corrected chi connectivity index (χ3v) is 3.34. The highest BCUT2D eigenvalue weighted by atomic mass is 32.2. The van der Waals surface area contributed by atoms with Gasteiger partial charge in [0.05, 0.1) is 19.0 Å². The van der Waals surface area contributed by atoms with Crippen molar-refractivity contribution in [2.24, 2.45) is 5.14 Å². The Hall–Kier alpha value is -1.27. The summed E-state index contributed by atoms with van der Waals surface area (Å²) in [6, 6.07) is 7.50. The average molecular weight is 287 g/mol. The van der Waals surface area contributed by atoms with E-state index in [0.717, 1.165) is 24.3 Å². The maximum atomic E-state index is 10.7. The molecule has 0 saturated heterocycles. The number of hydrogen-bond acceptors (Lipinski definition) is 4. The van der Waals surface area contributed by atoms with Crippen LogP contribution in [0.25, 0.3) is 0 Å². The Morgan fingerprint density at radius 1 is 1.05 bits per heavy atom. The SMILES string of the molecule is CCOc1ccccc1OCCCCCS(N)(=O)=O. The minimum atomic E-state index is -3.34. The fraction of sp³-hybridized carbons (Fsp3) is 0.538. The van der Waals surface area contributed by atoms with E-state index in [2.05, 4.69) is 0 Å². The molecule has 1 aromatic rings. The maximum absolute atomic E-state index is 10.7. The largest absolute Gasteiger partial charge is 0.490 e. The molecule has 0 heterocycles. The molecule has 0 amide bonds. The monoisotopic (exact) mass is 287 g/mol. The van der Waals surface area contributed by atoms with Gasteiger partial charge in [0.2, 0.25) is 10.0 Å². The van der Waals surface area contributed by atoms with Crippen LogP contribution in [-0.4, -0.2) is 27.4 Å². The van der Waals surface area contributed by atoms with E-state index >= 15 is 0 Å². The molecule has 0 atom stereocenters. The zero-order valence-electron chi connectivity index (χ0n) is 11.2. The standard InChI is InChI=1S/C13H21NO4S/c1-2-17-12-8-4-5-9-13(12)18-10-6-3-7-11-19(14,15)16/h4-5,8-9H,2-3,6-7,10-11H2,1H3,(H2,14,15,16). The van der Waals surface area contributed by atoms with Crippen molar-refractivity contribution < 1.29 is 17.9 Å². The number of primary sulfonamides is 1. The summed E-state index contributed by atoms with van der Waals surface area (Å²) >= 11 is 0. The summed E-state index contributed by atoms with van der Waals surface area (Å²) in [6.45, 7) is 3.05. The van der Waals surface area contributed by atoms with Crippen LogP contribution >= 0.6 is 0 Å². The topological polar surface area (TPSA) is 78.6 Å². The zero-order valence-corrected chi connectivity index (χ0v) is 12.0. The van der Waals surface area contributed by atoms with Crippen molar-refractivity contribution >= 4 is 10.0 Å². The molecular formula is C13H21NO4S. The Bertz CT molecular complexity index is 473. The third kappa shape index (κ3) is 7.03. The minimum Gasteiger partial charge on any atom is -0.490 e. The van der Waals surface area contributed by atoms with Crippen LogP contribution in [0.5, 0.6) is 11.5 Å². The van der Waals surface area contributed by atoms with Gasteiger partial charge < -0.3 is 9.47 Å². The van der Waals surface area contributed by atoms with E-state index in [1.807, 2.05) is 31.2 Å². The Morgan fingerprint density at radius 2 is 1.68 bits per heavy atom. The van der Waals surface area contributed by atoms with Gasteiger partial charge >= 0.3 is 0 Å². The van der Waals surface area contributed by atoms with Crippen LogP contribution in [0.15, 0.2) is 24.3 Å². The molecule has 1 rings (SSSR count). The lowest BCUT2D eigenvalue weighted by molar-refractivity contribution is 0.271. The maximum Gasteiger partial charge on any atom is 0.209 e. The summed E-state index contributed by atoms with van der Waals surface area (Å²) in [7, 11) is -3.34. The van der Waals surface area contributed by atoms with E-state index in [1.165, 1.54) is 0 Å². The van der Waals surface area contributed by atoms with Crippen molar-refractivity contribution in [1.29, 1.82) is 0 Å². The van der Waals surface area contributed by atoms with Crippen LogP contribution in [0.1, 0.15) is 26.2 Å². The molecule has 2 N–H and O–H groups in total. The van der Waals surface area contributed by atoms with Crippen LogP contribution in [0, 0.1) is 0 Å². The van der Waals surface area contributed by atoms with Crippen LogP contribution < -0.4 is 14.6 Å². The number of hydrogen-bond donors (Lipinski definition) is 1. The third-order valence-electron chi connectivity index (χ3n) is 2.48. The van der Waals surface area contributed by atoms with Gasteiger partial charge in [-0.05, 0) is 38.3 Å². The fourth-order valence-corrected chi connectivity index (χ4v) is 2.21. The molecule has 0 spiro atoms. The second kappa shape index (κ2) is 8.01. The quantitative estimate of drug-likeness (QED) is 0.704. The average Bonchev–Trinajstić information content (AvgIpc) is 2.34. The van der Waals surface area contributed by atoms with E-state index in [0.29, 0.717) is 19.6 Å². The molecule has 108 valence electrons. The highest BCUT2D eigenvalue weighted by Crippen LogP contribution is 2.26. The first-order valence-electron chi connectivity index (χ1n) is 6.38. The molecule has 0 aromatic heterocycles. The molecule has 0 aliphatic carbocycles. The van der Waals surface area contributed by atoms with Crippen molar-refractivity contribution in [2.75, 3.05) is 19.0 Å². The van der Waals surface area contributed by atoms with E-state index < -0.39 is 10.0 Å². The van der Waals surface area contributed by atoms with Gasteiger partial charge in [0.15, 0.2) is 11.5 Å². The van der Waals surface area contributed by atoms with Gasteiger partial charge in [-0.3, -0.25) is 0 Å². The normalized spacial score (nSPS) is 11.3. The van der Waals surface area contributed by atoms with E-state index in [4.69, 9.17) is 14.6 Å². The summed E-state index contributed by atoms with van der Waals surface area (Å²) < 4.78 is 32.5. The van der Waals surface area contributed by atoms with Gasteiger partial charge in [-0.25, -0.2) is 13.6 Å². The Balaban J connectivity index is 2.26. The second-order valence-corrected chi connectivity index (χ2v) is 5.89. The zero-order chi connectivity index (χ0) is 14.1. The van der Waals surface area contributed by atoms with Crippen molar-refractivity contribution in [3.63, 3.8) is 0 Å². The summed E-state index contributed by atoms with van der Waals surface area (Å²) in [6.07, 6.45) is 2.12. The molecule has 0 aliphatic rings. The van der Waals surface area contributed by atoms with Gasteiger partial charge in [-0.15, -0.1) is 0 Å². The number of benzene rings is 1. The van der Waals surface area contributed by atoms with Crippen LogP contribution in [0.3, 0.4) is 0 Å². The van der Waals surface area contributed by atoms with Gasteiger partial charge in [0.25, 0.3) is 0 Å². The number of ether oxygens (including phenoxy) is 2. The molecular weight excluding hydrogens is 266 g/mol. The highest BCUT2D eigenvalue weighted by Gasteiger charge is 2.04. The van der Waals surface area contributed by atoms with Crippen molar-refractivity contribution in [1.82, 2.24) is 0 Å². The van der Waals surface area contributed by atoms with Crippen LogP contribution in [0.4, 0.5) is 0 Å². The number of rotatable bonds is 9. The highest BCUT2D eigenvalue weighted by molar-refractivity contribution is 7.89. The predicted molar refractivity (Wildman–Crippen MR) is 74.9 cm³/mol. The molecule has 0 aliphatic heterocycles. The lowest BCUT2D eigenvalue weighted by Gasteiger charge is -2.11. The van der Waals surface area contributed by atoms with Gasteiger partial charge in [-0.1, -0.05) is 12.1 Å². The molecule has 1 aromatic carbocycles. The van der Waals surface area contributed by atoms with Crippen molar-refractivity contribution in [3.8, 4) is 11.5 Å². The smallest absolute Gasteiger partial charge is 0.209 e. The van der Waals surface area contributed by atoms with Crippen LogP contribution in [0.2, 0.25) is 0 Å². The Kier molecular flexibility index (Phi) is 6.66. The minimum absolute atomic E-state index is 0.0303. The van der Waals surface area contributed by atoms with Gasteiger partial charge in [0, 0.05) is 0 Å². The van der Waals surface area contributed by atoms with Crippen LogP contribution in [-0.2, 0) is 10.0 Å². The lowest BCUT2D eigenvalue weighted by atomic mass is 10.2. The fourth-order valence-electron chi connectivity index (χ4n) is 1.61. The lowest BCUT2D eigenvalue weighted by Crippen LogP contribution is -2.16. The summed E-state index contributed by atoms with van der Waals surface area (Å²) in [5, 5.41) is 4.92. The van der Waals surface area contributed by atoms with E-state index in [1.54, 1.807) is 0 Å². The Labute approximate surface area is 114 Å². The molecule has 19 heavy (non-hydrogen) atoms. The summed E-state index contributed by atoms with van der Waals surface area (Å²) in [4.78, 5) is 0. The molecule has 0 unspecified atom stereocenters.